The number of hydrogen-bond acceptors (Lipinski definition) is 2. The predicted octanol–water partition coefficient (Wildman–Crippen LogP) is 2.02. The van der Waals surface area contributed by atoms with E-state index >= 15 is 0 Å². The lowest BCUT2D eigenvalue weighted by Gasteiger charge is -2.28. The second-order valence-electron chi connectivity index (χ2n) is 3.76. The van der Waals surface area contributed by atoms with Gasteiger partial charge in [-0.1, -0.05) is 6.92 Å². The van der Waals surface area contributed by atoms with E-state index in [4.69, 9.17) is 5.26 Å². The van der Waals surface area contributed by atoms with Crippen LogP contribution in [0.25, 0.3) is 0 Å². The highest BCUT2D eigenvalue weighted by atomic mass is 15.2. The summed E-state index contributed by atoms with van der Waals surface area (Å²) in [6.45, 7) is 7.73. The summed E-state index contributed by atoms with van der Waals surface area (Å²) in [4.78, 5) is 2.45. The topological polar surface area (TPSA) is 27.0 Å². The van der Waals surface area contributed by atoms with Crippen molar-refractivity contribution in [2.75, 3.05) is 6.54 Å². The van der Waals surface area contributed by atoms with E-state index in [1.54, 1.807) is 0 Å². The molecule has 3 unspecified atom stereocenters. The Balaban J connectivity index is 2.55. The third-order valence-corrected chi connectivity index (χ3v) is 3.13. The average molecular weight is 166 g/mol. The van der Waals surface area contributed by atoms with Crippen LogP contribution in [0.3, 0.4) is 0 Å². The van der Waals surface area contributed by atoms with Gasteiger partial charge in [-0.15, -0.1) is 0 Å². The first-order chi connectivity index (χ1) is 5.70. The predicted molar refractivity (Wildman–Crippen MR) is 49.6 cm³/mol. The number of likely N-dealkylation sites (tertiary alicyclic amines) is 1. The Kier molecular flexibility index (Phi) is 3.11. The zero-order valence-corrected chi connectivity index (χ0v) is 8.25. The van der Waals surface area contributed by atoms with Gasteiger partial charge < -0.3 is 0 Å². The SMILES string of the molecule is CCC(C)N1CCC(C#N)C1C. The molecule has 0 aliphatic carbocycles. The molecular weight excluding hydrogens is 148 g/mol. The molecule has 12 heavy (non-hydrogen) atoms. The number of nitrogens with zero attached hydrogens (tertiary/aromatic N) is 2. The molecule has 0 spiro atoms. The summed E-state index contributed by atoms with van der Waals surface area (Å²) in [5.41, 5.74) is 0. The van der Waals surface area contributed by atoms with E-state index in [2.05, 4.69) is 31.7 Å². The third-order valence-electron chi connectivity index (χ3n) is 3.13. The van der Waals surface area contributed by atoms with Crippen molar-refractivity contribution in [3.8, 4) is 6.07 Å². The lowest BCUT2D eigenvalue weighted by molar-refractivity contribution is 0.189. The van der Waals surface area contributed by atoms with Gasteiger partial charge in [-0.05, 0) is 26.7 Å². The van der Waals surface area contributed by atoms with Crippen molar-refractivity contribution in [3.05, 3.63) is 0 Å². The maximum absolute atomic E-state index is 8.83. The molecule has 0 radical (unpaired) electrons. The van der Waals surface area contributed by atoms with Crippen molar-refractivity contribution in [1.82, 2.24) is 4.90 Å². The molecular formula is C10H18N2. The highest BCUT2D eigenvalue weighted by molar-refractivity contribution is 4.97. The Morgan fingerprint density at radius 3 is 2.75 bits per heavy atom. The first kappa shape index (κ1) is 9.54. The zero-order valence-electron chi connectivity index (χ0n) is 8.25. The third kappa shape index (κ3) is 1.61. The van der Waals surface area contributed by atoms with Gasteiger partial charge in [0, 0.05) is 18.6 Å². The van der Waals surface area contributed by atoms with Crippen molar-refractivity contribution in [2.45, 2.75) is 45.7 Å². The van der Waals surface area contributed by atoms with Crippen molar-refractivity contribution in [1.29, 1.82) is 5.26 Å². The fourth-order valence-electron chi connectivity index (χ4n) is 1.99. The molecule has 1 aliphatic heterocycles. The Morgan fingerprint density at radius 1 is 1.67 bits per heavy atom. The van der Waals surface area contributed by atoms with Gasteiger partial charge in [-0.3, -0.25) is 4.90 Å². The molecule has 1 aliphatic rings. The summed E-state index contributed by atoms with van der Waals surface area (Å²) in [7, 11) is 0. The minimum atomic E-state index is 0.263. The van der Waals surface area contributed by atoms with E-state index in [1.807, 2.05) is 0 Å². The van der Waals surface area contributed by atoms with Crippen molar-refractivity contribution in [3.63, 3.8) is 0 Å². The first-order valence-electron chi connectivity index (χ1n) is 4.86. The molecule has 0 N–H and O–H groups in total. The van der Waals surface area contributed by atoms with Crippen molar-refractivity contribution >= 4 is 0 Å². The van der Waals surface area contributed by atoms with Gasteiger partial charge in [0.1, 0.15) is 0 Å². The smallest absolute Gasteiger partial charge is 0.0672 e. The van der Waals surface area contributed by atoms with Crippen LogP contribution in [-0.2, 0) is 0 Å². The lowest BCUT2D eigenvalue weighted by Crippen LogP contribution is -2.36. The maximum atomic E-state index is 8.83. The second kappa shape index (κ2) is 3.91. The van der Waals surface area contributed by atoms with Gasteiger partial charge in [0.25, 0.3) is 0 Å². The molecule has 1 rings (SSSR count). The molecule has 1 saturated heterocycles. The van der Waals surface area contributed by atoms with Crippen molar-refractivity contribution in [2.24, 2.45) is 5.92 Å². The summed E-state index contributed by atoms with van der Waals surface area (Å²) in [5.74, 6) is 0.263. The fourth-order valence-corrected chi connectivity index (χ4v) is 1.99. The van der Waals surface area contributed by atoms with Gasteiger partial charge in [0.05, 0.1) is 12.0 Å². The van der Waals surface area contributed by atoms with E-state index < -0.39 is 0 Å². The van der Waals surface area contributed by atoms with Gasteiger partial charge in [-0.25, -0.2) is 0 Å². The standard InChI is InChI=1S/C10H18N2/c1-4-8(2)12-6-5-10(7-11)9(12)3/h8-10H,4-6H2,1-3H3. The molecule has 0 aromatic heterocycles. The summed E-state index contributed by atoms with van der Waals surface area (Å²) in [5, 5.41) is 8.83. The average Bonchev–Trinajstić information content (AvgIpc) is 2.45. The Morgan fingerprint density at radius 2 is 2.33 bits per heavy atom. The molecule has 3 atom stereocenters. The van der Waals surface area contributed by atoms with E-state index in [9.17, 15) is 0 Å². The first-order valence-corrected chi connectivity index (χ1v) is 4.86. The highest BCUT2D eigenvalue weighted by Gasteiger charge is 2.32. The summed E-state index contributed by atoms with van der Waals surface area (Å²) < 4.78 is 0. The van der Waals surface area contributed by atoms with Crippen LogP contribution >= 0.6 is 0 Å². The molecule has 0 aromatic rings. The molecule has 1 heterocycles. The highest BCUT2D eigenvalue weighted by Crippen LogP contribution is 2.25. The molecule has 0 amide bonds. The summed E-state index contributed by atoms with van der Waals surface area (Å²) in [6.07, 6.45) is 2.24. The molecule has 0 bridgehead atoms. The molecule has 0 aromatic carbocycles. The van der Waals surface area contributed by atoms with Gasteiger partial charge in [0.2, 0.25) is 0 Å². The Bertz CT molecular complexity index is 183. The van der Waals surface area contributed by atoms with Crippen molar-refractivity contribution < 1.29 is 0 Å². The largest absolute Gasteiger partial charge is 0.297 e. The van der Waals surface area contributed by atoms with E-state index in [0.717, 1.165) is 13.0 Å². The minimum Gasteiger partial charge on any atom is -0.297 e. The molecule has 0 saturated carbocycles. The second-order valence-corrected chi connectivity index (χ2v) is 3.76. The fraction of sp³-hybridized carbons (Fsp3) is 0.900. The lowest BCUT2D eigenvalue weighted by atomic mass is 10.0. The number of rotatable bonds is 2. The van der Waals surface area contributed by atoms with Gasteiger partial charge in [-0.2, -0.15) is 5.26 Å². The normalized spacial score (nSPS) is 33.2. The monoisotopic (exact) mass is 166 g/mol. The van der Waals surface area contributed by atoms with Crippen LogP contribution in [0, 0.1) is 17.2 Å². The van der Waals surface area contributed by atoms with E-state index in [1.165, 1.54) is 6.42 Å². The number of hydrogen-bond donors (Lipinski definition) is 0. The van der Waals surface area contributed by atoms with Gasteiger partial charge >= 0.3 is 0 Å². The molecule has 2 heteroatoms. The van der Waals surface area contributed by atoms with Crippen LogP contribution < -0.4 is 0 Å². The summed E-state index contributed by atoms with van der Waals surface area (Å²) in [6, 6.07) is 3.48. The van der Waals surface area contributed by atoms with Crippen LogP contribution in [0.4, 0.5) is 0 Å². The van der Waals surface area contributed by atoms with Crippen LogP contribution in [0.5, 0.6) is 0 Å². The van der Waals surface area contributed by atoms with E-state index in [0.29, 0.717) is 12.1 Å². The van der Waals surface area contributed by atoms with E-state index in [-0.39, 0.29) is 5.92 Å². The van der Waals surface area contributed by atoms with Crippen LogP contribution in [0.1, 0.15) is 33.6 Å². The molecule has 1 fully saturated rings. The Hall–Kier alpha value is -0.550. The zero-order chi connectivity index (χ0) is 9.14. The van der Waals surface area contributed by atoms with Crippen LogP contribution in [-0.4, -0.2) is 23.5 Å². The van der Waals surface area contributed by atoms with Crippen LogP contribution in [0.15, 0.2) is 0 Å². The minimum absolute atomic E-state index is 0.263. The molecule has 68 valence electrons. The van der Waals surface area contributed by atoms with Gasteiger partial charge in [0.15, 0.2) is 0 Å². The summed E-state index contributed by atoms with van der Waals surface area (Å²) >= 11 is 0. The number of nitriles is 1. The molecule has 2 nitrogen and oxygen atoms in total. The van der Waals surface area contributed by atoms with Crippen LogP contribution in [0.2, 0.25) is 0 Å². The Labute approximate surface area is 75.2 Å². The maximum Gasteiger partial charge on any atom is 0.0672 e. The quantitative estimate of drug-likeness (QED) is 0.627.